The van der Waals surface area contributed by atoms with E-state index >= 15 is 0 Å². The molecule has 3 N–H and O–H groups in total. The van der Waals surface area contributed by atoms with Crippen LogP contribution >= 0.6 is 0 Å². The molecule has 3 heterocycles. The number of carbonyl (C=O) groups is 1. The van der Waals surface area contributed by atoms with Gasteiger partial charge >= 0.3 is 183 Å². The first-order chi connectivity index (χ1) is 17.7. The normalized spacial score (nSPS) is 16.8. The van der Waals surface area contributed by atoms with Gasteiger partial charge in [-0.15, -0.1) is 0 Å². The molecule has 13 heteroatoms. The molecule has 1 fully saturated rings. The van der Waals surface area contributed by atoms with Gasteiger partial charge in [0.15, 0.2) is 0 Å². The number of hydrogen-bond acceptors (Lipinski definition) is 6. The Bertz CT molecular complexity index is 1420. The second-order valence-electron chi connectivity index (χ2n) is 8.94. The van der Waals surface area contributed by atoms with Crippen molar-refractivity contribution in [3.8, 4) is 0 Å². The fraction of sp³-hybridized carbons (Fsp3) is 0.333. The molecule has 9 nitrogen and oxygen atoms in total. The van der Waals surface area contributed by atoms with Crippen LogP contribution in [-0.2, 0) is 27.7 Å². The van der Waals surface area contributed by atoms with Crippen molar-refractivity contribution >= 4 is 48.6 Å². The Morgan fingerprint density at radius 2 is 1.86 bits per heavy atom. The fourth-order valence-electron chi connectivity index (χ4n) is 4.49. The first kappa shape index (κ1) is 25.8. The average molecular weight is 591 g/mol. The second-order valence-corrected chi connectivity index (χ2v) is 12.0. The standard InChI is InChI=1S/C24H24AsF2N5O4S/c25-14-1-2-19(22(9-14)28-17-4-7-36-8-5-17)24(33)29-23-20-13-32(6-3-21(20)30-31-23)37(34,35)18-11-15(26)10-16(27)12-18/h1-2,9-12,17,28H,3-8,13H2,(H2,29,30,31,33). The number of rotatable bonds is 6. The van der Waals surface area contributed by atoms with Crippen LogP contribution in [0.15, 0.2) is 41.3 Å². The summed E-state index contributed by atoms with van der Waals surface area (Å²) in [6.07, 6.45) is 1.96. The van der Waals surface area contributed by atoms with Gasteiger partial charge in [-0.25, -0.2) is 8.78 Å². The van der Waals surface area contributed by atoms with E-state index in [1.165, 1.54) is 0 Å². The van der Waals surface area contributed by atoms with Crippen LogP contribution in [0.3, 0.4) is 0 Å². The van der Waals surface area contributed by atoms with Gasteiger partial charge in [0.1, 0.15) is 11.6 Å². The van der Waals surface area contributed by atoms with Gasteiger partial charge in [-0.1, -0.05) is 0 Å². The summed E-state index contributed by atoms with van der Waals surface area (Å²) in [7, 11) is -4.18. The Kier molecular flexibility index (Phi) is 7.35. The number of benzene rings is 2. The van der Waals surface area contributed by atoms with E-state index in [1.54, 1.807) is 6.07 Å². The van der Waals surface area contributed by atoms with Crippen LogP contribution in [0.2, 0.25) is 0 Å². The molecule has 0 atom stereocenters. The molecule has 2 aromatic carbocycles. The van der Waals surface area contributed by atoms with Gasteiger partial charge in [0.25, 0.3) is 0 Å². The molecule has 0 bridgehead atoms. The van der Waals surface area contributed by atoms with Gasteiger partial charge in [-0.2, -0.15) is 0 Å². The van der Waals surface area contributed by atoms with Crippen LogP contribution in [-0.4, -0.2) is 71.5 Å². The molecule has 0 saturated carbocycles. The average Bonchev–Trinajstić information content (AvgIpc) is 3.26. The molecule has 0 unspecified atom stereocenters. The van der Waals surface area contributed by atoms with Crippen LogP contribution in [0.25, 0.3) is 0 Å². The van der Waals surface area contributed by atoms with Gasteiger partial charge in [0.2, 0.25) is 0 Å². The SMILES string of the molecule is O=C(Nc1n[nH]c2c1CN(S(=O)(=O)c1cc(F)cc(F)c1)CC2)c1ccc([As])cc1NC1CCOCC1. The van der Waals surface area contributed by atoms with E-state index in [2.05, 4.69) is 37.7 Å². The molecular formula is C24H24AsF2N5O4S. The molecule has 1 amide bonds. The number of aromatic amines is 1. The number of nitrogens with one attached hydrogen (secondary N) is 3. The number of aromatic nitrogens is 2. The van der Waals surface area contributed by atoms with E-state index in [0.29, 0.717) is 48.2 Å². The Hall–Kier alpha value is -2.79. The number of ether oxygens (including phenoxy) is 1. The number of amides is 1. The van der Waals surface area contributed by atoms with Crippen molar-refractivity contribution in [3.63, 3.8) is 0 Å². The van der Waals surface area contributed by atoms with E-state index in [-0.39, 0.29) is 24.9 Å². The van der Waals surface area contributed by atoms with Gasteiger partial charge in [0, 0.05) is 6.07 Å². The minimum atomic E-state index is -4.18. The third-order valence-corrected chi connectivity index (χ3v) is 8.84. The number of H-pyrrole nitrogens is 1. The van der Waals surface area contributed by atoms with E-state index in [1.807, 2.05) is 12.1 Å². The molecule has 0 aliphatic carbocycles. The summed E-state index contributed by atoms with van der Waals surface area (Å²) in [5.74, 6) is -2.15. The molecule has 0 spiro atoms. The van der Waals surface area contributed by atoms with Gasteiger partial charge in [-0.3, -0.25) is 0 Å². The predicted molar refractivity (Wildman–Crippen MR) is 133 cm³/mol. The number of anilines is 2. The molecule has 37 heavy (non-hydrogen) atoms. The number of sulfonamides is 1. The van der Waals surface area contributed by atoms with Crippen molar-refractivity contribution in [3.05, 3.63) is 64.9 Å². The number of nitrogens with zero attached hydrogens (tertiary/aromatic N) is 2. The Balaban J connectivity index is 1.37. The zero-order valence-corrected chi connectivity index (χ0v) is 22.3. The van der Waals surface area contributed by atoms with Gasteiger partial charge in [0.05, 0.1) is 0 Å². The summed E-state index contributed by atoms with van der Waals surface area (Å²) < 4.78 is 61.1. The third kappa shape index (κ3) is 5.57. The summed E-state index contributed by atoms with van der Waals surface area (Å²) in [5.41, 5.74) is 2.30. The fourth-order valence-corrected chi connectivity index (χ4v) is 6.37. The summed E-state index contributed by atoms with van der Waals surface area (Å²) >= 11 is 2.45. The molecule has 5 rings (SSSR count). The molecule has 194 valence electrons. The zero-order chi connectivity index (χ0) is 26.2. The van der Waals surface area contributed by atoms with Gasteiger partial charge in [-0.05, 0) is 12.1 Å². The summed E-state index contributed by atoms with van der Waals surface area (Å²) in [6.45, 7) is 1.29. The Morgan fingerprint density at radius 3 is 2.59 bits per heavy atom. The molecule has 2 aliphatic rings. The first-order valence-electron chi connectivity index (χ1n) is 11.7. The number of hydrogen-bond donors (Lipinski definition) is 3. The van der Waals surface area contributed by atoms with Crippen molar-refractivity contribution in [1.29, 1.82) is 0 Å². The first-order valence-corrected chi connectivity index (χ1v) is 14.1. The van der Waals surface area contributed by atoms with Crippen LogP contribution in [0.4, 0.5) is 20.3 Å². The number of fused-ring (bicyclic) bond motifs is 1. The Labute approximate surface area is 221 Å². The maximum atomic E-state index is 13.7. The van der Waals surface area contributed by atoms with Crippen LogP contribution in [0, 0.1) is 11.6 Å². The van der Waals surface area contributed by atoms with Crippen molar-refractivity contribution < 1.29 is 26.7 Å². The van der Waals surface area contributed by atoms with Crippen molar-refractivity contribution in [2.24, 2.45) is 0 Å². The van der Waals surface area contributed by atoms with Gasteiger partial charge < -0.3 is 0 Å². The van der Waals surface area contributed by atoms with Crippen molar-refractivity contribution in [1.82, 2.24) is 14.5 Å². The summed E-state index contributed by atoms with van der Waals surface area (Å²) in [5, 5.41) is 13.3. The molecule has 2 radical (unpaired) electrons. The minimum absolute atomic E-state index is 0.0957. The quantitative estimate of drug-likeness (QED) is 0.378. The second kappa shape index (κ2) is 10.5. The van der Waals surface area contributed by atoms with E-state index < -0.39 is 32.5 Å². The maximum absolute atomic E-state index is 13.7. The number of halogens is 2. The van der Waals surface area contributed by atoms with E-state index in [4.69, 9.17) is 4.74 Å². The summed E-state index contributed by atoms with van der Waals surface area (Å²) in [4.78, 5) is 12.8. The molecule has 1 aromatic heterocycles. The monoisotopic (exact) mass is 591 g/mol. The molecule has 3 aromatic rings. The molecule has 1 saturated heterocycles. The van der Waals surface area contributed by atoms with E-state index in [0.717, 1.165) is 33.6 Å². The predicted octanol–water partition coefficient (Wildman–Crippen LogP) is 2.07. The zero-order valence-electron chi connectivity index (χ0n) is 19.6. The number of carbonyl (C=O) groups excluding carboxylic acids is 1. The molecule has 2 aliphatic heterocycles. The summed E-state index contributed by atoms with van der Waals surface area (Å²) in [6, 6.07) is 7.79. The topological polar surface area (TPSA) is 116 Å². The van der Waals surface area contributed by atoms with Crippen molar-refractivity contribution in [2.45, 2.75) is 36.7 Å². The Morgan fingerprint density at radius 1 is 1.14 bits per heavy atom. The van der Waals surface area contributed by atoms with Crippen LogP contribution < -0.4 is 15.0 Å². The third-order valence-electron chi connectivity index (χ3n) is 6.43. The molecular weight excluding hydrogens is 567 g/mol. The van der Waals surface area contributed by atoms with Crippen LogP contribution in [0.1, 0.15) is 34.5 Å². The van der Waals surface area contributed by atoms with Crippen molar-refractivity contribution in [2.75, 3.05) is 30.4 Å². The van der Waals surface area contributed by atoms with E-state index in [9.17, 15) is 22.0 Å². The van der Waals surface area contributed by atoms with Crippen LogP contribution in [0.5, 0.6) is 0 Å².